The number of hydrogen-bond acceptors (Lipinski definition) is 3. The van der Waals surface area contributed by atoms with Crippen molar-refractivity contribution in [3.8, 4) is 5.75 Å². The Kier molecular flexibility index (Phi) is 2.09. The molecule has 1 aromatic carbocycles. The first kappa shape index (κ1) is 9.30. The van der Waals surface area contributed by atoms with Crippen LogP contribution in [0.3, 0.4) is 0 Å². The van der Waals surface area contributed by atoms with Gasteiger partial charge in [-0.3, -0.25) is 10.1 Å². The lowest BCUT2D eigenvalue weighted by atomic mass is 10.2. The SMILES string of the molecule is O=[N+]([O-])c1cc(F)c(O)c(F)c1F. The minimum Gasteiger partial charge on any atom is -0.503 e. The molecule has 70 valence electrons. The number of hydrogen-bond donors (Lipinski definition) is 1. The molecule has 0 heterocycles. The average molecular weight is 193 g/mol. The number of nitro groups is 1. The Morgan fingerprint density at radius 1 is 1.31 bits per heavy atom. The highest BCUT2D eigenvalue weighted by molar-refractivity contribution is 5.40. The van der Waals surface area contributed by atoms with Gasteiger partial charge in [0.1, 0.15) is 0 Å². The Bertz CT molecular complexity index is 380. The molecule has 4 nitrogen and oxygen atoms in total. The molecule has 1 aromatic rings. The van der Waals surface area contributed by atoms with Crippen LogP contribution in [-0.2, 0) is 0 Å². The molecule has 0 aliphatic carbocycles. The molecule has 0 radical (unpaired) electrons. The van der Waals surface area contributed by atoms with E-state index in [1.165, 1.54) is 0 Å². The van der Waals surface area contributed by atoms with Crippen molar-refractivity contribution in [3.05, 3.63) is 33.6 Å². The second kappa shape index (κ2) is 2.92. The molecule has 0 bridgehead atoms. The number of halogens is 3. The topological polar surface area (TPSA) is 63.4 Å². The van der Waals surface area contributed by atoms with E-state index in [1.807, 2.05) is 0 Å². The van der Waals surface area contributed by atoms with E-state index in [9.17, 15) is 23.3 Å². The normalized spacial score (nSPS) is 10.1. The smallest absolute Gasteiger partial charge is 0.311 e. The van der Waals surface area contributed by atoms with E-state index in [0.29, 0.717) is 0 Å². The number of rotatable bonds is 1. The molecule has 0 saturated carbocycles. The van der Waals surface area contributed by atoms with Crippen LogP contribution in [0.2, 0.25) is 0 Å². The molecule has 13 heavy (non-hydrogen) atoms. The van der Waals surface area contributed by atoms with Crippen LogP contribution in [0.4, 0.5) is 18.9 Å². The van der Waals surface area contributed by atoms with Gasteiger partial charge in [0.05, 0.1) is 11.0 Å². The van der Waals surface area contributed by atoms with Crippen LogP contribution >= 0.6 is 0 Å². The highest BCUT2D eigenvalue weighted by Gasteiger charge is 2.25. The van der Waals surface area contributed by atoms with Crippen molar-refractivity contribution in [1.29, 1.82) is 0 Å². The Morgan fingerprint density at radius 3 is 2.31 bits per heavy atom. The third-order valence-corrected chi connectivity index (χ3v) is 1.31. The Morgan fingerprint density at radius 2 is 1.85 bits per heavy atom. The summed E-state index contributed by atoms with van der Waals surface area (Å²) in [7, 11) is 0. The minimum atomic E-state index is -1.97. The monoisotopic (exact) mass is 193 g/mol. The van der Waals surface area contributed by atoms with E-state index in [-0.39, 0.29) is 6.07 Å². The largest absolute Gasteiger partial charge is 0.503 e. The van der Waals surface area contributed by atoms with Crippen molar-refractivity contribution in [2.24, 2.45) is 0 Å². The summed E-state index contributed by atoms with van der Waals surface area (Å²) in [6, 6.07) is 0.105. The predicted octanol–water partition coefficient (Wildman–Crippen LogP) is 1.72. The molecular formula is C6H2F3NO3. The van der Waals surface area contributed by atoms with Gasteiger partial charge in [-0.2, -0.15) is 8.78 Å². The third kappa shape index (κ3) is 1.40. The van der Waals surface area contributed by atoms with Crippen LogP contribution in [0, 0.1) is 27.6 Å². The Hall–Kier alpha value is -1.79. The third-order valence-electron chi connectivity index (χ3n) is 1.31. The maximum atomic E-state index is 12.5. The molecule has 1 N–H and O–H groups in total. The van der Waals surface area contributed by atoms with Gasteiger partial charge in [0.2, 0.25) is 11.6 Å². The van der Waals surface area contributed by atoms with E-state index in [1.54, 1.807) is 0 Å². The Labute approximate surface area is 69.4 Å². The number of phenolic OH excluding ortho intramolecular Hbond substituents is 1. The number of nitro benzene ring substituents is 1. The van der Waals surface area contributed by atoms with Crippen molar-refractivity contribution < 1.29 is 23.2 Å². The highest BCUT2D eigenvalue weighted by atomic mass is 19.2. The van der Waals surface area contributed by atoms with Crippen molar-refractivity contribution in [1.82, 2.24) is 0 Å². The lowest BCUT2D eigenvalue weighted by molar-refractivity contribution is -0.388. The van der Waals surface area contributed by atoms with Gasteiger partial charge in [-0.1, -0.05) is 0 Å². The van der Waals surface area contributed by atoms with Crippen LogP contribution in [0.25, 0.3) is 0 Å². The standard InChI is InChI=1S/C6H2F3NO3/c7-2-1-3(10(12)13)4(8)5(9)6(2)11/h1,11H. The van der Waals surface area contributed by atoms with Crippen LogP contribution in [0.5, 0.6) is 5.75 Å². The lowest BCUT2D eigenvalue weighted by Crippen LogP contribution is -1.97. The van der Waals surface area contributed by atoms with Crippen LogP contribution in [-0.4, -0.2) is 10.0 Å². The highest BCUT2D eigenvalue weighted by Crippen LogP contribution is 2.29. The zero-order valence-corrected chi connectivity index (χ0v) is 5.92. The number of nitrogens with zero attached hydrogens (tertiary/aromatic N) is 1. The molecular weight excluding hydrogens is 191 g/mol. The van der Waals surface area contributed by atoms with Gasteiger partial charge in [-0.15, -0.1) is 0 Å². The second-order valence-electron chi connectivity index (χ2n) is 2.11. The zero-order chi connectivity index (χ0) is 10.2. The average Bonchev–Trinajstić information content (AvgIpc) is 2.07. The van der Waals surface area contributed by atoms with E-state index >= 15 is 0 Å². The molecule has 1 rings (SSSR count). The van der Waals surface area contributed by atoms with Crippen molar-refractivity contribution in [3.63, 3.8) is 0 Å². The van der Waals surface area contributed by atoms with Crippen molar-refractivity contribution in [2.75, 3.05) is 0 Å². The van der Waals surface area contributed by atoms with Gasteiger partial charge in [-0.25, -0.2) is 4.39 Å². The van der Waals surface area contributed by atoms with E-state index in [4.69, 9.17) is 5.11 Å². The number of benzene rings is 1. The maximum Gasteiger partial charge on any atom is 0.311 e. The fraction of sp³-hybridized carbons (Fsp3) is 0. The van der Waals surface area contributed by atoms with Crippen LogP contribution in [0.1, 0.15) is 0 Å². The number of phenols is 1. The fourth-order valence-electron chi connectivity index (χ4n) is 0.706. The summed E-state index contributed by atoms with van der Waals surface area (Å²) in [6.07, 6.45) is 0. The summed E-state index contributed by atoms with van der Waals surface area (Å²) in [6.45, 7) is 0. The van der Waals surface area contributed by atoms with Gasteiger partial charge < -0.3 is 5.11 Å². The van der Waals surface area contributed by atoms with E-state index in [2.05, 4.69) is 0 Å². The summed E-state index contributed by atoms with van der Waals surface area (Å²) in [4.78, 5) is 8.70. The molecule has 0 unspecified atom stereocenters. The molecule has 0 amide bonds. The van der Waals surface area contributed by atoms with Gasteiger partial charge in [0.25, 0.3) is 0 Å². The first-order chi connectivity index (χ1) is 5.95. The van der Waals surface area contributed by atoms with Gasteiger partial charge in [0, 0.05) is 0 Å². The number of aromatic hydroxyl groups is 1. The van der Waals surface area contributed by atoms with Crippen molar-refractivity contribution in [2.45, 2.75) is 0 Å². The lowest BCUT2D eigenvalue weighted by Gasteiger charge is -1.98. The maximum absolute atomic E-state index is 12.5. The Balaban J connectivity index is 3.50. The second-order valence-corrected chi connectivity index (χ2v) is 2.11. The van der Waals surface area contributed by atoms with Crippen LogP contribution in [0.15, 0.2) is 6.07 Å². The molecule has 0 saturated heterocycles. The molecule has 0 aliphatic heterocycles. The molecule has 0 fully saturated rings. The van der Waals surface area contributed by atoms with Gasteiger partial charge >= 0.3 is 5.69 Å². The molecule has 0 spiro atoms. The molecule has 7 heteroatoms. The quantitative estimate of drug-likeness (QED) is 0.419. The minimum absolute atomic E-state index is 0.105. The van der Waals surface area contributed by atoms with Gasteiger partial charge in [0.15, 0.2) is 11.6 Å². The molecule has 0 aliphatic rings. The van der Waals surface area contributed by atoms with E-state index < -0.39 is 33.8 Å². The van der Waals surface area contributed by atoms with Crippen LogP contribution < -0.4 is 0 Å². The first-order valence-electron chi connectivity index (χ1n) is 2.96. The summed E-state index contributed by atoms with van der Waals surface area (Å²) >= 11 is 0. The summed E-state index contributed by atoms with van der Waals surface area (Å²) in [5.41, 5.74) is -1.35. The fourth-order valence-corrected chi connectivity index (χ4v) is 0.706. The summed E-state index contributed by atoms with van der Waals surface area (Å²) in [5.74, 6) is -7.00. The predicted molar refractivity (Wildman–Crippen MR) is 34.6 cm³/mol. The summed E-state index contributed by atoms with van der Waals surface area (Å²) < 4.78 is 37.4. The zero-order valence-electron chi connectivity index (χ0n) is 5.92. The molecule has 0 aromatic heterocycles. The molecule has 0 atom stereocenters. The van der Waals surface area contributed by atoms with Gasteiger partial charge in [-0.05, 0) is 0 Å². The first-order valence-corrected chi connectivity index (χ1v) is 2.96. The van der Waals surface area contributed by atoms with E-state index in [0.717, 1.165) is 0 Å². The van der Waals surface area contributed by atoms with Crippen molar-refractivity contribution >= 4 is 5.69 Å². The summed E-state index contributed by atoms with van der Waals surface area (Å²) in [5, 5.41) is 18.5.